The Balaban J connectivity index is 1.47. The van der Waals surface area contributed by atoms with Gasteiger partial charge in [0.25, 0.3) is 0 Å². The Morgan fingerprint density at radius 3 is 2.47 bits per heavy atom. The summed E-state index contributed by atoms with van der Waals surface area (Å²) in [5.74, 6) is 1.33. The molecule has 4 nitrogen and oxygen atoms in total. The molecular weight excluding hydrogens is 218 g/mol. The summed E-state index contributed by atoms with van der Waals surface area (Å²) >= 11 is 0. The topological polar surface area (TPSA) is 57.6 Å². The van der Waals surface area contributed by atoms with Gasteiger partial charge < -0.3 is 10.0 Å². The fraction of sp³-hybridized carbons (Fsp3) is 0.846. The van der Waals surface area contributed by atoms with Gasteiger partial charge in [-0.05, 0) is 37.0 Å². The minimum atomic E-state index is -0.769. The first kappa shape index (κ1) is 11.1. The van der Waals surface area contributed by atoms with Crippen LogP contribution >= 0.6 is 0 Å². The Kier molecular flexibility index (Phi) is 2.60. The van der Waals surface area contributed by atoms with E-state index >= 15 is 0 Å². The SMILES string of the molecule is O=C(O)C1CN(C(=O)CC2CC3CCC2C3)C1. The molecule has 0 spiro atoms. The summed E-state index contributed by atoms with van der Waals surface area (Å²) in [6, 6.07) is 0. The lowest BCUT2D eigenvalue weighted by Crippen LogP contribution is -2.53. The van der Waals surface area contributed by atoms with Crippen molar-refractivity contribution >= 4 is 11.9 Å². The second-order valence-corrected chi connectivity index (χ2v) is 5.97. The summed E-state index contributed by atoms with van der Waals surface area (Å²) < 4.78 is 0. The van der Waals surface area contributed by atoms with Gasteiger partial charge in [-0.2, -0.15) is 0 Å². The predicted molar refractivity (Wildman–Crippen MR) is 61.3 cm³/mol. The lowest BCUT2D eigenvalue weighted by atomic mass is 9.85. The Bertz CT molecular complexity index is 349. The van der Waals surface area contributed by atoms with Gasteiger partial charge in [0, 0.05) is 19.5 Å². The predicted octanol–water partition coefficient (Wildman–Crippen LogP) is 1.36. The number of fused-ring (bicyclic) bond motifs is 2. The van der Waals surface area contributed by atoms with Crippen molar-refractivity contribution in [3.63, 3.8) is 0 Å². The van der Waals surface area contributed by atoms with Gasteiger partial charge in [-0.15, -0.1) is 0 Å². The summed E-state index contributed by atoms with van der Waals surface area (Å²) in [7, 11) is 0. The highest BCUT2D eigenvalue weighted by Crippen LogP contribution is 2.49. The number of carbonyl (C=O) groups excluding carboxylic acids is 1. The van der Waals surface area contributed by atoms with E-state index in [1.54, 1.807) is 4.90 Å². The fourth-order valence-electron chi connectivity index (χ4n) is 3.82. The normalized spacial score (nSPS) is 36.0. The third-order valence-electron chi connectivity index (χ3n) is 4.90. The summed E-state index contributed by atoms with van der Waals surface area (Å²) in [4.78, 5) is 24.3. The van der Waals surface area contributed by atoms with Crippen LogP contribution in [-0.4, -0.2) is 35.0 Å². The van der Waals surface area contributed by atoms with Crippen molar-refractivity contribution in [2.75, 3.05) is 13.1 Å². The maximum Gasteiger partial charge on any atom is 0.310 e. The molecule has 4 heteroatoms. The van der Waals surface area contributed by atoms with Gasteiger partial charge >= 0.3 is 5.97 Å². The molecule has 3 aliphatic rings. The first-order valence-electron chi connectivity index (χ1n) is 6.64. The van der Waals surface area contributed by atoms with Gasteiger partial charge in [-0.1, -0.05) is 6.42 Å². The van der Waals surface area contributed by atoms with Crippen LogP contribution in [0.5, 0.6) is 0 Å². The van der Waals surface area contributed by atoms with Crippen LogP contribution in [0.25, 0.3) is 0 Å². The molecule has 1 amide bonds. The van der Waals surface area contributed by atoms with E-state index in [1.165, 1.54) is 25.7 Å². The number of carboxylic acid groups (broad SMARTS) is 1. The second-order valence-electron chi connectivity index (χ2n) is 5.97. The lowest BCUT2D eigenvalue weighted by molar-refractivity contribution is -0.153. The van der Waals surface area contributed by atoms with E-state index in [1.807, 2.05) is 0 Å². The van der Waals surface area contributed by atoms with Gasteiger partial charge in [0.05, 0.1) is 5.92 Å². The van der Waals surface area contributed by atoms with Gasteiger partial charge in [-0.3, -0.25) is 9.59 Å². The highest BCUT2D eigenvalue weighted by molar-refractivity contribution is 5.81. The van der Waals surface area contributed by atoms with Crippen LogP contribution in [0.3, 0.4) is 0 Å². The Labute approximate surface area is 101 Å². The molecule has 0 aromatic heterocycles. The number of hydrogen-bond acceptors (Lipinski definition) is 2. The number of carbonyl (C=O) groups is 2. The monoisotopic (exact) mass is 237 g/mol. The van der Waals surface area contributed by atoms with Crippen LogP contribution < -0.4 is 0 Å². The first-order valence-corrected chi connectivity index (χ1v) is 6.64. The molecule has 1 heterocycles. The molecule has 3 unspecified atom stereocenters. The summed E-state index contributed by atoms with van der Waals surface area (Å²) in [5.41, 5.74) is 0. The Morgan fingerprint density at radius 1 is 1.18 bits per heavy atom. The van der Waals surface area contributed by atoms with Crippen molar-refractivity contribution in [2.24, 2.45) is 23.7 Å². The van der Waals surface area contributed by atoms with E-state index in [0.717, 1.165) is 11.8 Å². The maximum atomic E-state index is 12.0. The Morgan fingerprint density at radius 2 is 1.94 bits per heavy atom. The molecule has 3 rings (SSSR count). The zero-order chi connectivity index (χ0) is 12.0. The molecular formula is C13H19NO3. The Hall–Kier alpha value is -1.06. The molecule has 17 heavy (non-hydrogen) atoms. The summed E-state index contributed by atoms with van der Waals surface area (Å²) in [6.07, 6.45) is 5.89. The van der Waals surface area contributed by atoms with Crippen molar-refractivity contribution in [3.05, 3.63) is 0 Å². The largest absolute Gasteiger partial charge is 0.481 e. The number of nitrogens with zero attached hydrogens (tertiary/aromatic N) is 1. The molecule has 2 bridgehead atoms. The van der Waals surface area contributed by atoms with E-state index in [2.05, 4.69) is 0 Å². The second kappa shape index (κ2) is 4.00. The minimum absolute atomic E-state index is 0.181. The molecule has 1 aliphatic heterocycles. The number of likely N-dealkylation sites (tertiary alicyclic amines) is 1. The van der Waals surface area contributed by atoms with Crippen LogP contribution in [0.2, 0.25) is 0 Å². The van der Waals surface area contributed by atoms with E-state index in [0.29, 0.717) is 25.4 Å². The quantitative estimate of drug-likeness (QED) is 0.806. The van der Waals surface area contributed by atoms with Crippen LogP contribution in [0, 0.1) is 23.7 Å². The van der Waals surface area contributed by atoms with E-state index < -0.39 is 5.97 Å². The van der Waals surface area contributed by atoms with Gasteiger partial charge in [0.2, 0.25) is 5.91 Å². The van der Waals surface area contributed by atoms with Crippen LogP contribution in [0.15, 0.2) is 0 Å². The number of rotatable bonds is 3. The number of amides is 1. The van der Waals surface area contributed by atoms with Gasteiger partial charge in [0.15, 0.2) is 0 Å². The third-order valence-corrected chi connectivity index (χ3v) is 4.90. The minimum Gasteiger partial charge on any atom is -0.481 e. The van der Waals surface area contributed by atoms with Crippen molar-refractivity contribution in [1.82, 2.24) is 4.90 Å². The molecule has 2 aliphatic carbocycles. The third kappa shape index (κ3) is 1.94. The average molecular weight is 237 g/mol. The molecule has 0 aromatic carbocycles. The van der Waals surface area contributed by atoms with Crippen molar-refractivity contribution in [2.45, 2.75) is 32.1 Å². The lowest BCUT2D eigenvalue weighted by Gasteiger charge is -2.37. The van der Waals surface area contributed by atoms with Crippen molar-refractivity contribution in [1.29, 1.82) is 0 Å². The summed E-state index contributed by atoms with van der Waals surface area (Å²) in [5, 5.41) is 8.76. The molecule has 1 N–H and O–H groups in total. The van der Waals surface area contributed by atoms with Crippen molar-refractivity contribution in [3.8, 4) is 0 Å². The zero-order valence-electron chi connectivity index (χ0n) is 9.97. The van der Waals surface area contributed by atoms with Crippen LogP contribution in [0.4, 0.5) is 0 Å². The zero-order valence-corrected chi connectivity index (χ0v) is 9.97. The molecule has 0 radical (unpaired) electrons. The van der Waals surface area contributed by atoms with Crippen LogP contribution in [-0.2, 0) is 9.59 Å². The van der Waals surface area contributed by atoms with E-state index in [4.69, 9.17) is 5.11 Å². The van der Waals surface area contributed by atoms with Crippen molar-refractivity contribution < 1.29 is 14.7 Å². The number of carboxylic acids is 1. The highest BCUT2D eigenvalue weighted by Gasteiger charge is 2.42. The fourth-order valence-corrected chi connectivity index (χ4v) is 3.82. The molecule has 94 valence electrons. The van der Waals surface area contributed by atoms with Gasteiger partial charge in [0.1, 0.15) is 0 Å². The average Bonchev–Trinajstić information content (AvgIpc) is 2.75. The molecule has 1 saturated heterocycles. The molecule has 3 atom stereocenters. The highest BCUT2D eigenvalue weighted by atomic mass is 16.4. The molecule has 3 fully saturated rings. The number of aliphatic carboxylic acids is 1. The maximum absolute atomic E-state index is 12.0. The first-order chi connectivity index (χ1) is 8.13. The van der Waals surface area contributed by atoms with Gasteiger partial charge in [-0.25, -0.2) is 0 Å². The summed E-state index contributed by atoms with van der Waals surface area (Å²) in [6.45, 7) is 0.851. The molecule has 0 aromatic rings. The standard InChI is InChI=1S/C13H19NO3/c15-12(14-6-11(7-14)13(16)17)5-10-4-8-1-2-9(10)3-8/h8-11H,1-7H2,(H,16,17). The van der Waals surface area contributed by atoms with E-state index in [-0.39, 0.29) is 11.8 Å². The number of hydrogen-bond donors (Lipinski definition) is 1. The van der Waals surface area contributed by atoms with Crippen LogP contribution in [0.1, 0.15) is 32.1 Å². The van der Waals surface area contributed by atoms with E-state index in [9.17, 15) is 9.59 Å². The molecule has 2 saturated carbocycles. The smallest absolute Gasteiger partial charge is 0.310 e.